The third-order valence-electron chi connectivity index (χ3n) is 6.37. The Labute approximate surface area is 223 Å². The molecule has 196 valence electrons. The first-order chi connectivity index (χ1) is 17.7. The first-order valence-corrected chi connectivity index (χ1v) is 13.6. The summed E-state index contributed by atoms with van der Waals surface area (Å²) >= 11 is 6.23. The molecule has 10 heteroatoms. The molecule has 3 aromatic rings. The Balaban J connectivity index is 1.57. The lowest BCUT2D eigenvalue weighted by atomic mass is 10.2. The van der Waals surface area contributed by atoms with Gasteiger partial charge in [0.25, 0.3) is 10.0 Å². The van der Waals surface area contributed by atoms with E-state index in [9.17, 15) is 13.2 Å². The molecule has 0 saturated carbocycles. The van der Waals surface area contributed by atoms with Gasteiger partial charge in [-0.1, -0.05) is 29.3 Å². The Morgan fingerprint density at radius 1 is 0.919 bits per heavy atom. The highest BCUT2D eigenvalue weighted by Gasteiger charge is 2.32. The Bertz CT molecular complexity index is 1340. The summed E-state index contributed by atoms with van der Waals surface area (Å²) in [5.74, 6) is 0.785. The number of carbonyl (C=O) groups excluding carboxylic acids is 1. The van der Waals surface area contributed by atoms with Crippen molar-refractivity contribution in [1.82, 2.24) is 4.90 Å². The van der Waals surface area contributed by atoms with Crippen molar-refractivity contribution in [3.8, 4) is 11.5 Å². The third kappa shape index (κ3) is 5.94. The second-order valence-electron chi connectivity index (χ2n) is 8.71. The zero-order chi connectivity index (χ0) is 26.6. The number of nitrogens with zero attached hydrogens (tertiary/aromatic N) is 3. The van der Waals surface area contributed by atoms with E-state index in [2.05, 4.69) is 4.90 Å². The van der Waals surface area contributed by atoms with Crippen LogP contribution < -0.4 is 18.7 Å². The third-order valence-corrected chi connectivity index (χ3v) is 8.38. The molecular weight excluding hydrogens is 514 g/mol. The molecular formula is C27H30ClN3O5S. The van der Waals surface area contributed by atoms with Crippen molar-refractivity contribution >= 4 is 38.9 Å². The average Bonchev–Trinajstić information content (AvgIpc) is 2.92. The van der Waals surface area contributed by atoms with Gasteiger partial charge in [0.1, 0.15) is 18.0 Å². The van der Waals surface area contributed by atoms with Crippen LogP contribution in [0.2, 0.25) is 5.02 Å². The highest BCUT2D eigenvalue weighted by atomic mass is 35.5. The van der Waals surface area contributed by atoms with Gasteiger partial charge < -0.3 is 19.3 Å². The zero-order valence-corrected chi connectivity index (χ0v) is 22.6. The van der Waals surface area contributed by atoms with Crippen molar-refractivity contribution in [1.29, 1.82) is 0 Å². The van der Waals surface area contributed by atoms with Crippen molar-refractivity contribution in [2.75, 3.05) is 56.1 Å². The largest absolute Gasteiger partial charge is 0.497 e. The van der Waals surface area contributed by atoms with Crippen molar-refractivity contribution in [2.45, 2.75) is 11.8 Å². The summed E-state index contributed by atoms with van der Waals surface area (Å²) in [4.78, 5) is 17.4. The number of anilines is 2. The van der Waals surface area contributed by atoms with Crippen LogP contribution >= 0.6 is 11.6 Å². The van der Waals surface area contributed by atoms with Gasteiger partial charge in [0.05, 0.1) is 24.8 Å². The predicted octanol–water partition coefficient (Wildman–Crippen LogP) is 4.21. The maximum absolute atomic E-state index is 13.8. The molecule has 4 rings (SSSR count). The summed E-state index contributed by atoms with van der Waals surface area (Å²) < 4.78 is 39.3. The van der Waals surface area contributed by atoms with Crippen LogP contribution in [0.25, 0.3) is 0 Å². The van der Waals surface area contributed by atoms with Crippen LogP contribution in [0.1, 0.15) is 5.56 Å². The number of amides is 1. The number of aryl methyl sites for hydroxylation is 1. The van der Waals surface area contributed by atoms with Gasteiger partial charge in [-0.25, -0.2) is 8.42 Å². The lowest BCUT2D eigenvalue weighted by Crippen LogP contribution is -2.52. The molecule has 8 nitrogen and oxygen atoms in total. The molecule has 0 atom stereocenters. The number of rotatable bonds is 8. The minimum atomic E-state index is -4.09. The number of hydrogen-bond donors (Lipinski definition) is 0. The first-order valence-electron chi connectivity index (χ1n) is 11.8. The van der Waals surface area contributed by atoms with Gasteiger partial charge in [0, 0.05) is 36.9 Å². The molecule has 1 fully saturated rings. The van der Waals surface area contributed by atoms with E-state index in [1.807, 2.05) is 31.2 Å². The average molecular weight is 544 g/mol. The Kier molecular flexibility index (Phi) is 8.14. The topological polar surface area (TPSA) is 79.4 Å². The zero-order valence-electron chi connectivity index (χ0n) is 21.1. The lowest BCUT2D eigenvalue weighted by molar-refractivity contribution is -0.129. The Morgan fingerprint density at radius 2 is 1.57 bits per heavy atom. The quantitative estimate of drug-likeness (QED) is 0.423. The minimum Gasteiger partial charge on any atom is -0.497 e. The van der Waals surface area contributed by atoms with Crippen LogP contribution in [0, 0.1) is 6.92 Å². The van der Waals surface area contributed by atoms with Crippen LogP contribution in [-0.4, -0.2) is 66.2 Å². The Hall–Kier alpha value is -3.43. The van der Waals surface area contributed by atoms with Crippen LogP contribution in [-0.2, 0) is 14.8 Å². The predicted molar refractivity (Wildman–Crippen MR) is 146 cm³/mol. The van der Waals surface area contributed by atoms with E-state index in [1.54, 1.807) is 36.3 Å². The number of piperazine rings is 1. The second-order valence-corrected chi connectivity index (χ2v) is 11.0. The van der Waals surface area contributed by atoms with Crippen molar-refractivity contribution in [2.24, 2.45) is 0 Å². The molecule has 0 unspecified atom stereocenters. The molecule has 1 aliphatic heterocycles. The fraction of sp³-hybridized carbons (Fsp3) is 0.296. The highest BCUT2D eigenvalue weighted by Crippen LogP contribution is 2.35. The minimum absolute atomic E-state index is 0.0808. The van der Waals surface area contributed by atoms with Gasteiger partial charge in [-0.05, 0) is 61.5 Å². The van der Waals surface area contributed by atoms with Gasteiger partial charge in [-0.3, -0.25) is 9.10 Å². The van der Waals surface area contributed by atoms with Crippen molar-refractivity contribution in [3.05, 3.63) is 77.3 Å². The molecule has 1 heterocycles. The summed E-state index contributed by atoms with van der Waals surface area (Å²) in [5.41, 5.74) is 2.18. The molecule has 1 saturated heterocycles. The number of carbonyl (C=O) groups is 1. The molecule has 1 aliphatic rings. The summed E-state index contributed by atoms with van der Waals surface area (Å²) in [5, 5.41) is 0.334. The lowest BCUT2D eigenvalue weighted by Gasteiger charge is -2.37. The van der Waals surface area contributed by atoms with E-state index in [0.29, 0.717) is 37.0 Å². The first kappa shape index (κ1) is 26.6. The summed E-state index contributed by atoms with van der Waals surface area (Å²) in [6.07, 6.45) is 0. The number of halogens is 1. The fourth-order valence-electron chi connectivity index (χ4n) is 4.23. The molecule has 37 heavy (non-hydrogen) atoms. The molecule has 1 amide bonds. The molecule has 3 aromatic carbocycles. The fourth-order valence-corrected chi connectivity index (χ4v) is 5.81. The Morgan fingerprint density at radius 3 is 2.16 bits per heavy atom. The summed E-state index contributed by atoms with van der Waals surface area (Å²) in [6.45, 7) is 3.69. The molecule has 0 bridgehead atoms. The number of methoxy groups -OCH3 is 2. The van der Waals surface area contributed by atoms with Crippen molar-refractivity contribution in [3.63, 3.8) is 0 Å². The summed E-state index contributed by atoms with van der Waals surface area (Å²) in [6, 6.07) is 19.0. The van der Waals surface area contributed by atoms with Gasteiger partial charge in [0.15, 0.2) is 0 Å². The SMILES string of the molecule is COc1ccc(N2CCN(C(=O)CN(c3cc(Cl)ccc3OC)S(=O)(=O)c3ccc(C)cc3)CC2)cc1. The van der Waals surface area contributed by atoms with E-state index in [4.69, 9.17) is 21.1 Å². The van der Waals surface area contributed by atoms with Gasteiger partial charge in [-0.2, -0.15) is 0 Å². The molecule has 0 aromatic heterocycles. The van der Waals surface area contributed by atoms with E-state index < -0.39 is 10.0 Å². The van der Waals surface area contributed by atoms with Crippen LogP contribution in [0.5, 0.6) is 11.5 Å². The molecule has 0 N–H and O–H groups in total. The number of ether oxygens (including phenoxy) is 2. The maximum atomic E-state index is 13.8. The van der Waals surface area contributed by atoms with E-state index in [-0.39, 0.29) is 23.0 Å². The number of benzene rings is 3. The molecule has 0 radical (unpaired) electrons. The van der Waals surface area contributed by atoms with E-state index in [1.165, 1.54) is 25.3 Å². The summed E-state index contributed by atoms with van der Waals surface area (Å²) in [7, 11) is -1.02. The number of hydrogen-bond acceptors (Lipinski definition) is 6. The second kappa shape index (κ2) is 11.3. The monoisotopic (exact) mass is 543 g/mol. The standard InChI is InChI=1S/C27H30ClN3O5S/c1-20-4-11-24(12-5-20)37(33,34)31(25-18-21(28)6-13-26(25)36-3)19-27(32)30-16-14-29(15-17-30)22-7-9-23(35-2)10-8-22/h4-13,18H,14-17,19H2,1-3H3. The van der Waals surface area contributed by atoms with Crippen LogP contribution in [0.3, 0.4) is 0 Å². The van der Waals surface area contributed by atoms with Gasteiger partial charge in [0.2, 0.25) is 5.91 Å². The normalized spacial score (nSPS) is 13.8. The van der Waals surface area contributed by atoms with Crippen LogP contribution in [0.15, 0.2) is 71.6 Å². The molecule has 0 aliphatic carbocycles. The molecule has 0 spiro atoms. The highest BCUT2D eigenvalue weighted by molar-refractivity contribution is 7.92. The smallest absolute Gasteiger partial charge is 0.264 e. The van der Waals surface area contributed by atoms with Crippen molar-refractivity contribution < 1.29 is 22.7 Å². The van der Waals surface area contributed by atoms with Gasteiger partial charge in [-0.15, -0.1) is 0 Å². The van der Waals surface area contributed by atoms with E-state index in [0.717, 1.165) is 21.3 Å². The van der Waals surface area contributed by atoms with Gasteiger partial charge >= 0.3 is 0 Å². The number of sulfonamides is 1. The van der Waals surface area contributed by atoms with E-state index >= 15 is 0 Å². The maximum Gasteiger partial charge on any atom is 0.264 e. The van der Waals surface area contributed by atoms with Crippen LogP contribution in [0.4, 0.5) is 11.4 Å².